The van der Waals surface area contributed by atoms with Gasteiger partial charge in [0.25, 0.3) is 5.91 Å². The Morgan fingerprint density at radius 1 is 1.17 bits per heavy atom. The van der Waals surface area contributed by atoms with Gasteiger partial charge in [-0.25, -0.2) is 9.18 Å². The van der Waals surface area contributed by atoms with Gasteiger partial charge in [0.1, 0.15) is 11.4 Å². The van der Waals surface area contributed by atoms with Crippen LogP contribution < -0.4 is 4.90 Å². The van der Waals surface area contributed by atoms with Gasteiger partial charge in [-0.3, -0.25) is 4.79 Å². The van der Waals surface area contributed by atoms with Crippen LogP contribution in [-0.2, 0) is 20.9 Å². The highest BCUT2D eigenvalue weighted by Gasteiger charge is 2.25. The molecule has 0 bridgehead atoms. The number of fused-ring (bicyclic) bond motifs is 1. The van der Waals surface area contributed by atoms with Crippen molar-refractivity contribution in [1.29, 1.82) is 5.26 Å². The summed E-state index contributed by atoms with van der Waals surface area (Å²) in [7, 11) is 1.49. The van der Waals surface area contributed by atoms with Gasteiger partial charge in [-0.2, -0.15) is 5.26 Å². The SMILES string of the molecule is COCc1c(C(=O)OCC(=O)N(CCC#N)c2ccccc2F)oc2ccccc12. The van der Waals surface area contributed by atoms with E-state index >= 15 is 0 Å². The number of rotatable bonds is 8. The Kier molecular flexibility index (Phi) is 6.78. The van der Waals surface area contributed by atoms with Crippen LogP contribution in [0.2, 0.25) is 0 Å². The van der Waals surface area contributed by atoms with Crippen LogP contribution in [0.15, 0.2) is 52.9 Å². The predicted octanol–water partition coefficient (Wildman–Crippen LogP) is 3.82. The van der Waals surface area contributed by atoms with E-state index in [1.54, 1.807) is 30.3 Å². The number of anilines is 1. The number of esters is 1. The van der Waals surface area contributed by atoms with Crippen molar-refractivity contribution in [2.75, 3.05) is 25.2 Å². The topological polar surface area (TPSA) is 92.8 Å². The first kappa shape index (κ1) is 21.0. The van der Waals surface area contributed by atoms with Crippen LogP contribution in [0.1, 0.15) is 22.5 Å². The third-order valence-corrected chi connectivity index (χ3v) is 4.39. The second kappa shape index (κ2) is 9.67. The summed E-state index contributed by atoms with van der Waals surface area (Å²) in [6.45, 7) is -0.547. The van der Waals surface area contributed by atoms with Crippen molar-refractivity contribution >= 4 is 28.5 Å². The first-order valence-corrected chi connectivity index (χ1v) is 9.15. The maximum absolute atomic E-state index is 14.1. The van der Waals surface area contributed by atoms with E-state index in [0.29, 0.717) is 16.5 Å². The van der Waals surface area contributed by atoms with Crippen molar-refractivity contribution in [1.82, 2.24) is 0 Å². The number of nitriles is 1. The van der Waals surface area contributed by atoms with Crippen molar-refractivity contribution in [3.63, 3.8) is 0 Å². The van der Waals surface area contributed by atoms with Gasteiger partial charge in [-0.1, -0.05) is 30.3 Å². The summed E-state index contributed by atoms with van der Waals surface area (Å²) in [5, 5.41) is 9.55. The van der Waals surface area contributed by atoms with Gasteiger partial charge < -0.3 is 18.8 Å². The van der Waals surface area contributed by atoms with Crippen molar-refractivity contribution in [2.24, 2.45) is 0 Å². The van der Waals surface area contributed by atoms with Gasteiger partial charge in [0.2, 0.25) is 5.76 Å². The van der Waals surface area contributed by atoms with Crippen molar-refractivity contribution in [3.05, 3.63) is 65.7 Å². The summed E-state index contributed by atoms with van der Waals surface area (Å²) in [5.74, 6) is -2.16. The van der Waals surface area contributed by atoms with E-state index in [1.165, 1.54) is 25.3 Å². The largest absolute Gasteiger partial charge is 0.450 e. The first-order valence-electron chi connectivity index (χ1n) is 9.15. The van der Waals surface area contributed by atoms with E-state index in [4.69, 9.17) is 19.2 Å². The fourth-order valence-corrected chi connectivity index (χ4v) is 3.03. The molecule has 1 amide bonds. The highest BCUT2D eigenvalue weighted by atomic mass is 19.1. The number of methoxy groups -OCH3 is 1. The van der Waals surface area contributed by atoms with Crippen LogP contribution in [0.25, 0.3) is 11.0 Å². The second-order valence-corrected chi connectivity index (χ2v) is 6.32. The Bertz CT molecular complexity index is 1100. The molecule has 0 atom stereocenters. The number of para-hydroxylation sites is 2. The van der Waals surface area contributed by atoms with Crippen molar-refractivity contribution in [2.45, 2.75) is 13.0 Å². The van der Waals surface area contributed by atoms with Crippen LogP contribution in [0.3, 0.4) is 0 Å². The molecule has 8 heteroatoms. The van der Waals surface area contributed by atoms with E-state index in [9.17, 15) is 14.0 Å². The monoisotopic (exact) mass is 410 g/mol. The fraction of sp³-hybridized carbons (Fsp3) is 0.227. The van der Waals surface area contributed by atoms with Crippen LogP contribution in [-0.4, -0.2) is 32.1 Å². The summed E-state index contributed by atoms with van der Waals surface area (Å²) in [6, 6.07) is 14.7. The fourth-order valence-electron chi connectivity index (χ4n) is 3.03. The minimum Gasteiger partial charge on any atom is -0.450 e. The van der Waals surface area contributed by atoms with Gasteiger partial charge in [0.05, 0.1) is 24.8 Å². The third kappa shape index (κ3) is 4.47. The maximum Gasteiger partial charge on any atom is 0.375 e. The highest BCUT2D eigenvalue weighted by Crippen LogP contribution is 2.27. The molecule has 3 aromatic rings. The summed E-state index contributed by atoms with van der Waals surface area (Å²) in [6.07, 6.45) is -0.00438. The zero-order valence-corrected chi connectivity index (χ0v) is 16.3. The lowest BCUT2D eigenvalue weighted by atomic mass is 10.1. The Morgan fingerprint density at radius 2 is 1.90 bits per heavy atom. The van der Waals surface area contributed by atoms with Gasteiger partial charge in [-0.05, 0) is 18.2 Å². The number of furan rings is 1. The lowest BCUT2D eigenvalue weighted by Gasteiger charge is -2.22. The molecular formula is C22H19FN2O5. The summed E-state index contributed by atoms with van der Waals surface area (Å²) in [5.41, 5.74) is 1.02. The zero-order chi connectivity index (χ0) is 21.5. The number of hydrogen-bond donors (Lipinski definition) is 0. The van der Waals surface area contributed by atoms with E-state index < -0.39 is 24.3 Å². The van der Waals surface area contributed by atoms with Crippen LogP contribution in [0.4, 0.5) is 10.1 Å². The summed E-state index contributed by atoms with van der Waals surface area (Å²) >= 11 is 0. The van der Waals surface area contributed by atoms with E-state index in [2.05, 4.69) is 0 Å². The zero-order valence-electron chi connectivity index (χ0n) is 16.3. The Labute approximate surface area is 172 Å². The molecule has 0 aliphatic heterocycles. The average molecular weight is 410 g/mol. The average Bonchev–Trinajstić information content (AvgIpc) is 3.12. The molecule has 0 aliphatic rings. The van der Waals surface area contributed by atoms with Gasteiger partial charge in [0, 0.05) is 24.6 Å². The van der Waals surface area contributed by atoms with Crippen LogP contribution >= 0.6 is 0 Å². The number of hydrogen-bond acceptors (Lipinski definition) is 6. The molecule has 0 saturated heterocycles. The summed E-state index contributed by atoms with van der Waals surface area (Å²) in [4.78, 5) is 26.3. The summed E-state index contributed by atoms with van der Waals surface area (Å²) < 4.78 is 30.0. The number of benzene rings is 2. The molecule has 0 N–H and O–H groups in total. The molecule has 1 heterocycles. The number of ether oxygens (including phenoxy) is 2. The Hall–Kier alpha value is -3.70. The minimum absolute atomic E-state index is 0.00438. The van der Waals surface area contributed by atoms with Crippen LogP contribution in [0, 0.1) is 17.1 Å². The molecule has 0 fully saturated rings. The quantitative estimate of drug-likeness (QED) is 0.524. The molecule has 30 heavy (non-hydrogen) atoms. The third-order valence-electron chi connectivity index (χ3n) is 4.39. The van der Waals surface area contributed by atoms with E-state index in [0.717, 1.165) is 4.90 Å². The minimum atomic E-state index is -0.833. The normalized spacial score (nSPS) is 10.6. The van der Waals surface area contributed by atoms with Crippen molar-refractivity contribution < 1.29 is 27.9 Å². The molecule has 0 unspecified atom stereocenters. The van der Waals surface area contributed by atoms with Gasteiger partial charge in [-0.15, -0.1) is 0 Å². The number of amides is 1. The molecule has 0 aliphatic carbocycles. The standard InChI is InChI=1S/C22H19FN2O5/c1-28-13-16-15-7-2-5-10-19(15)30-21(16)22(27)29-14-20(26)25(12-6-11-24)18-9-4-3-8-17(18)23/h2-5,7-10H,6,12-14H2,1H3. The first-order chi connectivity index (χ1) is 14.6. The number of carbonyl (C=O) groups is 2. The second-order valence-electron chi connectivity index (χ2n) is 6.32. The maximum atomic E-state index is 14.1. The molecule has 1 aromatic heterocycles. The molecule has 2 aromatic carbocycles. The van der Waals surface area contributed by atoms with Crippen LogP contribution in [0.5, 0.6) is 0 Å². The molecule has 3 rings (SSSR count). The predicted molar refractivity (Wildman–Crippen MR) is 106 cm³/mol. The number of halogens is 1. The molecule has 0 spiro atoms. The number of carbonyl (C=O) groups excluding carboxylic acids is 2. The highest BCUT2D eigenvalue weighted by molar-refractivity contribution is 5.99. The molecule has 154 valence electrons. The Morgan fingerprint density at radius 3 is 2.63 bits per heavy atom. The Balaban J connectivity index is 1.78. The van der Waals surface area contributed by atoms with Crippen molar-refractivity contribution in [3.8, 4) is 6.07 Å². The van der Waals surface area contributed by atoms with E-state index in [-0.39, 0.29) is 31.0 Å². The van der Waals surface area contributed by atoms with Gasteiger partial charge >= 0.3 is 5.97 Å². The molecule has 7 nitrogen and oxygen atoms in total. The van der Waals surface area contributed by atoms with Gasteiger partial charge in [0.15, 0.2) is 6.61 Å². The number of nitrogens with zero attached hydrogens (tertiary/aromatic N) is 2. The smallest absolute Gasteiger partial charge is 0.375 e. The molecular weight excluding hydrogens is 391 g/mol. The molecule has 0 saturated carbocycles. The molecule has 0 radical (unpaired) electrons. The lowest BCUT2D eigenvalue weighted by Crippen LogP contribution is -2.36. The van der Waals surface area contributed by atoms with E-state index in [1.807, 2.05) is 6.07 Å². The lowest BCUT2D eigenvalue weighted by molar-refractivity contribution is -0.121.